The molecule has 0 amide bonds. The van der Waals surface area contributed by atoms with Gasteiger partial charge in [0.1, 0.15) is 10.6 Å². The molecule has 0 spiro atoms. The maximum atomic E-state index is 6.02. The van der Waals surface area contributed by atoms with Gasteiger partial charge in [-0.25, -0.2) is 9.97 Å². The molecule has 2 unspecified atom stereocenters. The summed E-state index contributed by atoms with van der Waals surface area (Å²) in [5, 5.41) is 7.07. The van der Waals surface area contributed by atoms with Gasteiger partial charge >= 0.3 is 0 Å². The molecule has 1 N–H and O–H groups in total. The van der Waals surface area contributed by atoms with Gasteiger partial charge in [0.05, 0.1) is 5.39 Å². The van der Waals surface area contributed by atoms with E-state index in [9.17, 15) is 0 Å². The number of aromatic nitrogens is 2. The van der Waals surface area contributed by atoms with E-state index in [1.807, 2.05) is 5.38 Å². The molecule has 2 fully saturated rings. The van der Waals surface area contributed by atoms with Crippen molar-refractivity contribution < 1.29 is 0 Å². The summed E-state index contributed by atoms with van der Waals surface area (Å²) in [5.74, 6) is 0.901. The highest BCUT2D eigenvalue weighted by atomic mass is 35.5. The molecule has 0 saturated carbocycles. The summed E-state index contributed by atoms with van der Waals surface area (Å²) in [6, 6.07) is 3.34. The van der Waals surface area contributed by atoms with E-state index in [1.165, 1.54) is 38.8 Å². The van der Waals surface area contributed by atoms with Crippen LogP contribution in [0.2, 0.25) is 5.28 Å². The van der Waals surface area contributed by atoms with E-state index in [4.69, 9.17) is 11.6 Å². The van der Waals surface area contributed by atoms with Gasteiger partial charge in [-0.05, 0) is 55.3 Å². The zero-order valence-electron chi connectivity index (χ0n) is 11.2. The van der Waals surface area contributed by atoms with Crippen molar-refractivity contribution in [1.82, 2.24) is 14.9 Å². The number of halogens is 1. The van der Waals surface area contributed by atoms with Gasteiger partial charge in [-0.1, -0.05) is 0 Å². The quantitative estimate of drug-likeness (QED) is 0.864. The number of hydrogen-bond donors (Lipinski definition) is 1. The lowest BCUT2D eigenvalue weighted by Crippen LogP contribution is -2.42. The van der Waals surface area contributed by atoms with E-state index in [0.717, 1.165) is 22.1 Å². The topological polar surface area (TPSA) is 41.1 Å². The monoisotopic (exact) mass is 308 g/mol. The number of anilines is 1. The average Bonchev–Trinajstić information content (AvgIpc) is 3.05. The Morgan fingerprint density at radius 1 is 1.30 bits per heavy atom. The number of rotatable bonds is 2. The Morgan fingerprint density at radius 3 is 3.20 bits per heavy atom. The van der Waals surface area contributed by atoms with Gasteiger partial charge in [0, 0.05) is 18.6 Å². The first kappa shape index (κ1) is 12.8. The minimum Gasteiger partial charge on any atom is -0.367 e. The molecule has 6 heteroatoms. The Bertz CT molecular complexity index is 629. The summed E-state index contributed by atoms with van der Waals surface area (Å²) in [6.45, 7) is 2.49. The number of hydrogen-bond acceptors (Lipinski definition) is 5. The molecular weight excluding hydrogens is 292 g/mol. The van der Waals surface area contributed by atoms with Crippen LogP contribution in [-0.2, 0) is 0 Å². The zero-order valence-corrected chi connectivity index (χ0v) is 12.8. The second kappa shape index (κ2) is 5.13. The van der Waals surface area contributed by atoms with E-state index >= 15 is 0 Å². The van der Waals surface area contributed by atoms with Crippen LogP contribution >= 0.6 is 22.9 Å². The van der Waals surface area contributed by atoms with Gasteiger partial charge < -0.3 is 10.2 Å². The Balaban J connectivity index is 1.56. The first-order valence-electron chi connectivity index (χ1n) is 7.21. The highest BCUT2D eigenvalue weighted by molar-refractivity contribution is 7.16. The van der Waals surface area contributed by atoms with Crippen LogP contribution in [0.4, 0.5) is 5.82 Å². The Kier molecular flexibility index (Phi) is 3.28. The van der Waals surface area contributed by atoms with Gasteiger partial charge in [0.2, 0.25) is 5.28 Å². The van der Waals surface area contributed by atoms with E-state index in [2.05, 4.69) is 26.3 Å². The molecule has 2 saturated heterocycles. The molecule has 4 nitrogen and oxygen atoms in total. The summed E-state index contributed by atoms with van der Waals surface area (Å²) in [7, 11) is 0. The van der Waals surface area contributed by atoms with Gasteiger partial charge in [0.15, 0.2) is 0 Å². The minimum atomic E-state index is 0.334. The standard InChI is InChI=1S/C14H17ClN4S/c15-14-17-12(11-4-7-20-13(11)18-14)16-9-3-6-19-5-1-2-10(19)8-9/h4,7,9-10H,1-3,5-6,8H2,(H,16,17,18). The number of piperidine rings is 1. The van der Waals surface area contributed by atoms with E-state index < -0.39 is 0 Å². The molecule has 2 atom stereocenters. The van der Waals surface area contributed by atoms with Crippen molar-refractivity contribution in [1.29, 1.82) is 0 Å². The summed E-state index contributed by atoms with van der Waals surface area (Å²) in [4.78, 5) is 12.3. The molecule has 0 aliphatic carbocycles. The molecule has 2 aliphatic rings. The Labute approximate surface area is 127 Å². The third kappa shape index (κ3) is 2.28. The van der Waals surface area contributed by atoms with Crippen molar-refractivity contribution in [3.05, 3.63) is 16.7 Å². The minimum absolute atomic E-state index is 0.334. The maximum absolute atomic E-state index is 6.02. The fraction of sp³-hybridized carbons (Fsp3) is 0.571. The lowest BCUT2D eigenvalue weighted by atomic mass is 9.97. The fourth-order valence-electron chi connectivity index (χ4n) is 3.49. The smallest absolute Gasteiger partial charge is 0.225 e. The van der Waals surface area contributed by atoms with Crippen molar-refractivity contribution in [2.24, 2.45) is 0 Å². The SMILES string of the molecule is Clc1nc(NC2CCN3CCCC3C2)c2ccsc2n1. The van der Waals surface area contributed by atoms with Crippen molar-refractivity contribution in [2.45, 2.75) is 37.8 Å². The highest BCUT2D eigenvalue weighted by Crippen LogP contribution is 2.31. The predicted molar refractivity (Wildman–Crippen MR) is 83.7 cm³/mol. The molecule has 2 aromatic rings. The molecule has 2 aromatic heterocycles. The third-order valence-electron chi connectivity index (χ3n) is 4.46. The van der Waals surface area contributed by atoms with Gasteiger partial charge in [-0.3, -0.25) is 0 Å². The maximum Gasteiger partial charge on any atom is 0.225 e. The van der Waals surface area contributed by atoms with Crippen LogP contribution in [0.1, 0.15) is 25.7 Å². The van der Waals surface area contributed by atoms with Crippen LogP contribution in [0.25, 0.3) is 10.2 Å². The van der Waals surface area contributed by atoms with Crippen LogP contribution in [0, 0.1) is 0 Å². The first-order valence-corrected chi connectivity index (χ1v) is 8.47. The molecular formula is C14H17ClN4S. The first-order chi connectivity index (χ1) is 9.79. The average molecular weight is 309 g/mol. The van der Waals surface area contributed by atoms with Crippen LogP contribution in [0.5, 0.6) is 0 Å². The number of fused-ring (bicyclic) bond motifs is 2. The predicted octanol–water partition coefficient (Wildman–Crippen LogP) is 3.38. The Hall–Kier alpha value is -0.910. The molecule has 2 aliphatic heterocycles. The van der Waals surface area contributed by atoms with Crippen molar-refractivity contribution in [3.63, 3.8) is 0 Å². The van der Waals surface area contributed by atoms with Crippen molar-refractivity contribution >= 4 is 39.0 Å². The molecule has 0 radical (unpaired) electrons. The molecule has 0 aromatic carbocycles. The van der Waals surface area contributed by atoms with Crippen LogP contribution in [0.3, 0.4) is 0 Å². The van der Waals surface area contributed by atoms with Crippen LogP contribution < -0.4 is 5.32 Å². The fourth-order valence-corrected chi connectivity index (χ4v) is 4.47. The van der Waals surface area contributed by atoms with Crippen molar-refractivity contribution in [3.8, 4) is 0 Å². The number of nitrogens with one attached hydrogen (secondary N) is 1. The summed E-state index contributed by atoms with van der Waals surface area (Å²) in [6.07, 6.45) is 5.10. The second-order valence-corrected chi connectivity index (χ2v) is 6.91. The second-order valence-electron chi connectivity index (χ2n) is 5.68. The normalized spacial score (nSPS) is 26.9. The lowest BCUT2D eigenvalue weighted by Gasteiger charge is -2.35. The van der Waals surface area contributed by atoms with Gasteiger partial charge in [0.25, 0.3) is 0 Å². The summed E-state index contributed by atoms with van der Waals surface area (Å²) in [5.41, 5.74) is 0. The molecule has 20 heavy (non-hydrogen) atoms. The van der Waals surface area contributed by atoms with E-state index in [-0.39, 0.29) is 0 Å². The third-order valence-corrected chi connectivity index (χ3v) is 5.43. The van der Waals surface area contributed by atoms with E-state index in [1.54, 1.807) is 11.3 Å². The zero-order chi connectivity index (χ0) is 13.5. The molecule has 0 bridgehead atoms. The molecule has 4 heterocycles. The van der Waals surface area contributed by atoms with Crippen LogP contribution in [0.15, 0.2) is 11.4 Å². The number of nitrogens with zero attached hydrogens (tertiary/aromatic N) is 3. The molecule has 106 valence electrons. The molecule has 4 rings (SSSR count). The van der Waals surface area contributed by atoms with Gasteiger partial charge in [-0.15, -0.1) is 11.3 Å². The van der Waals surface area contributed by atoms with Crippen LogP contribution in [-0.4, -0.2) is 40.0 Å². The van der Waals surface area contributed by atoms with Crippen molar-refractivity contribution in [2.75, 3.05) is 18.4 Å². The largest absolute Gasteiger partial charge is 0.367 e. The summed E-state index contributed by atoms with van der Waals surface area (Å²) < 4.78 is 0. The lowest BCUT2D eigenvalue weighted by molar-refractivity contribution is 0.188. The van der Waals surface area contributed by atoms with E-state index in [0.29, 0.717) is 11.3 Å². The number of thiophene rings is 1. The summed E-state index contributed by atoms with van der Waals surface area (Å²) >= 11 is 7.63. The highest BCUT2D eigenvalue weighted by Gasteiger charge is 2.31. The van der Waals surface area contributed by atoms with Gasteiger partial charge in [-0.2, -0.15) is 0 Å². The Morgan fingerprint density at radius 2 is 2.25 bits per heavy atom.